The van der Waals surface area contributed by atoms with E-state index >= 15 is 0 Å². The molecule has 0 aliphatic rings. The van der Waals surface area contributed by atoms with E-state index in [-0.39, 0.29) is 16.3 Å². The van der Waals surface area contributed by atoms with Crippen LogP contribution >= 0.6 is 11.6 Å². The zero-order chi connectivity index (χ0) is 18.8. The lowest BCUT2D eigenvalue weighted by molar-refractivity contribution is 0.102. The largest absolute Gasteiger partial charge is 0.333 e. The van der Waals surface area contributed by atoms with E-state index in [2.05, 4.69) is 10.3 Å². The number of H-pyrrole nitrogens is 1. The molecular formula is C18H13ClFN3O3. The Morgan fingerprint density at radius 2 is 1.85 bits per heavy atom. The highest BCUT2D eigenvalue weighted by molar-refractivity contribution is 6.30. The van der Waals surface area contributed by atoms with Crippen LogP contribution in [-0.4, -0.2) is 15.5 Å². The van der Waals surface area contributed by atoms with Gasteiger partial charge in [-0.1, -0.05) is 29.3 Å². The summed E-state index contributed by atoms with van der Waals surface area (Å²) in [5.74, 6) is -1.37. The molecule has 0 saturated heterocycles. The number of aryl methyl sites for hydroxylation is 1. The van der Waals surface area contributed by atoms with Crippen molar-refractivity contribution in [3.8, 4) is 5.69 Å². The number of nitrogens with one attached hydrogen (secondary N) is 2. The van der Waals surface area contributed by atoms with Crippen LogP contribution in [0.15, 0.2) is 58.3 Å². The van der Waals surface area contributed by atoms with Crippen molar-refractivity contribution in [1.29, 1.82) is 0 Å². The number of anilines is 1. The Kier molecular flexibility index (Phi) is 4.73. The van der Waals surface area contributed by atoms with Crippen LogP contribution in [0.2, 0.25) is 5.02 Å². The van der Waals surface area contributed by atoms with E-state index in [9.17, 15) is 18.8 Å². The van der Waals surface area contributed by atoms with Gasteiger partial charge in [0.2, 0.25) is 0 Å². The first-order chi connectivity index (χ1) is 12.4. The highest BCUT2D eigenvalue weighted by atomic mass is 35.5. The van der Waals surface area contributed by atoms with Crippen molar-refractivity contribution in [2.45, 2.75) is 6.92 Å². The van der Waals surface area contributed by atoms with Crippen LogP contribution in [0.25, 0.3) is 5.69 Å². The SMILES string of the molecule is Cc1ccc(NC(=O)c2c[nH]c(=O)n(-c3ccc(F)c(Cl)c3)c2=O)cc1. The molecule has 0 unspecified atom stereocenters. The summed E-state index contributed by atoms with van der Waals surface area (Å²) in [6.45, 7) is 1.90. The van der Waals surface area contributed by atoms with E-state index in [0.717, 1.165) is 28.5 Å². The number of carbonyl (C=O) groups is 1. The molecule has 0 bridgehead atoms. The van der Waals surface area contributed by atoms with Gasteiger partial charge in [0, 0.05) is 11.9 Å². The molecule has 1 heterocycles. The Morgan fingerprint density at radius 3 is 2.50 bits per heavy atom. The number of halogens is 2. The molecule has 0 radical (unpaired) electrons. The lowest BCUT2D eigenvalue weighted by atomic mass is 10.2. The maximum absolute atomic E-state index is 13.3. The molecule has 6 nitrogen and oxygen atoms in total. The minimum atomic E-state index is -0.846. The van der Waals surface area contributed by atoms with E-state index in [4.69, 9.17) is 11.6 Å². The average Bonchev–Trinajstić information content (AvgIpc) is 2.60. The Labute approximate surface area is 151 Å². The molecule has 0 saturated carbocycles. The first kappa shape index (κ1) is 17.6. The van der Waals surface area contributed by atoms with E-state index in [1.807, 2.05) is 6.92 Å². The fraction of sp³-hybridized carbons (Fsp3) is 0.0556. The third-order valence-corrected chi connectivity index (χ3v) is 3.98. The van der Waals surface area contributed by atoms with Gasteiger partial charge in [0.25, 0.3) is 11.5 Å². The second-order valence-corrected chi connectivity index (χ2v) is 5.97. The van der Waals surface area contributed by atoms with Crippen LogP contribution in [0, 0.1) is 12.7 Å². The maximum Gasteiger partial charge on any atom is 0.333 e. The summed E-state index contributed by atoms with van der Waals surface area (Å²) in [5, 5.41) is 2.34. The molecule has 2 N–H and O–H groups in total. The molecule has 1 aromatic heterocycles. The average molecular weight is 374 g/mol. The Morgan fingerprint density at radius 1 is 1.15 bits per heavy atom. The number of nitrogens with zero attached hydrogens (tertiary/aromatic N) is 1. The van der Waals surface area contributed by atoms with Crippen LogP contribution in [0.1, 0.15) is 15.9 Å². The van der Waals surface area contributed by atoms with E-state index < -0.39 is 23.0 Å². The third-order valence-electron chi connectivity index (χ3n) is 3.69. The molecule has 0 aliphatic heterocycles. The topological polar surface area (TPSA) is 84.0 Å². The van der Waals surface area contributed by atoms with Crippen LogP contribution in [0.4, 0.5) is 10.1 Å². The first-order valence-corrected chi connectivity index (χ1v) is 7.93. The van der Waals surface area contributed by atoms with Gasteiger partial charge in [-0.05, 0) is 37.3 Å². The van der Waals surface area contributed by atoms with Crippen LogP contribution in [0.5, 0.6) is 0 Å². The van der Waals surface area contributed by atoms with Crippen molar-refractivity contribution >= 4 is 23.2 Å². The van der Waals surface area contributed by atoms with Gasteiger partial charge in [-0.25, -0.2) is 13.8 Å². The number of amides is 1. The zero-order valence-corrected chi connectivity index (χ0v) is 14.3. The van der Waals surface area contributed by atoms with Crippen molar-refractivity contribution in [2.24, 2.45) is 0 Å². The molecule has 0 fully saturated rings. The predicted octanol–water partition coefficient (Wildman–Crippen LogP) is 2.88. The number of aromatic amines is 1. The molecule has 0 spiro atoms. The van der Waals surface area contributed by atoms with Gasteiger partial charge in [-0.3, -0.25) is 9.59 Å². The summed E-state index contributed by atoms with van der Waals surface area (Å²) in [5.41, 5.74) is -0.325. The molecule has 0 aliphatic carbocycles. The molecule has 8 heteroatoms. The number of hydrogen-bond acceptors (Lipinski definition) is 3. The van der Waals surface area contributed by atoms with Gasteiger partial charge in [0.1, 0.15) is 11.4 Å². The fourth-order valence-electron chi connectivity index (χ4n) is 2.33. The van der Waals surface area contributed by atoms with Crippen LogP contribution < -0.4 is 16.6 Å². The van der Waals surface area contributed by atoms with Crippen LogP contribution in [0.3, 0.4) is 0 Å². The molecule has 1 amide bonds. The monoisotopic (exact) mass is 373 g/mol. The van der Waals surface area contributed by atoms with Crippen molar-refractivity contribution in [1.82, 2.24) is 9.55 Å². The quantitative estimate of drug-likeness (QED) is 0.740. The molecular weight excluding hydrogens is 361 g/mol. The summed E-state index contributed by atoms with van der Waals surface area (Å²) in [6, 6.07) is 10.4. The minimum absolute atomic E-state index is 0.0487. The summed E-state index contributed by atoms with van der Waals surface area (Å²) < 4.78 is 14.0. The molecule has 3 rings (SSSR count). The van der Waals surface area contributed by atoms with Gasteiger partial charge in [0.15, 0.2) is 0 Å². The van der Waals surface area contributed by atoms with Gasteiger partial charge in [-0.2, -0.15) is 0 Å². The minimum Gasteiger partial charge on any atom is -0.322 e. The van der Waals surface area contributed by atoms with Gasteiger partial charge < -0.3 is 10.3 Å². The molecule has 2 aromatic carbocycles. The Hall–Kier alpha value is -3.19. The first-order valence-electron chi connectivity index (χ1n) is 7.55. The van der Waals surface area contributed by atoms with E-state index in [1.165, 1.54) is 6.07 Å². The van der Waals surface area contributed by atoms with Crippen molar-refractivity contribution in [3.63, 3.8) is 0 Å². The Balaban J connectivity index is 2.03. The number of carbonyl (C=O) groups excluding carboxylic acids is 1. The lowest BCUT2D eigenvalue weighted by Crippen LogP contribution is -2.38. The maximum atomic E-state index is 13.3. The summed E-state index contributed by atoms with van der Waals surface area (Å²) in [6.07, 6.45) is 1.04. The molecule has 132 valence electrons. The smallest absolute Gasteiger partial charge is 0.322 e. The zero-order valence-electron chi connectivity index (χ0n) is 13.5. The number of benzene rings is 2. The Bertz CT molecular complexity index is 1100. The molecule has 26 heavy (non-hydrogen) atoms. The number of hydrogen-bond donors (Lipinski definition) is 2. The molecule has 3 aromatic rings. The second kappa shape index (κ2) is 6.97. The van der Waals surface area contributed by atoms with Crippen molar-refractivity contribution < 1.29 is 9.18 Å². The normalized spacial score (nSPS) is 10.6. The summed E-state index contributed by atoms with van der Waals surface area (Å²) in [4.78, 5) is 39.4. The predicted molar refractivity (Wildman–Crippen MR) is 96.8 cm³/mol. The number of rotatable bonds is 3. The second-order valence-electron chi connectivity index (χ2n) is 5.57. The van der Waals surface area contributed by atoms with Gasteiger partial charge in [-0.15, -0.1) is 0 Å². The van der Waals surface area contributed by atoms with E-state index in [1.54, 1.807) is 24.3 Å². The molecule has 0 atom stereocenters. The summed E-state index contributed by atoms with van der Waals surface area (Å²) in [7, 11) is 0. The highest BCUT2D eigenvalue weighted by Gasteiger charge is 2.16. The van der Waals surface area contributed by atoms with Gasteiger partial charge in [0.05, 0.1) is 10.7 Å². The number of aromatic nitrogens is 2. The standard InChI is InChI=1S/C18H13ClFN3O3/c1-10-2-4-11(5-3-10)22-16(24)13-9-21-18(26)23(17(13)25)12-6-7-15(20)14(19)8-12/h2-9H,1H3,(H,21,26)(H,22,24). The fourth-order valence-corrected chi connectivity index (χ4v) is 2.50. The van der Waals surface area contributed by atoms with Crippen molar-refractivity contribution in [2.75, 3.05) is 5.32 Å². The van der Waals surface area contributed by atoms with Crippen LogP contribution in [-0.2, 0) is 0 Å². The van der Waals surface area contributed by atoms with E-state index in [0.29, 0.717) is 5.69 Å². The summed E-state index contributed by atoms with van der Waals surface area (Å²) >= 11 is 5.71. The van der Waals surface area contributed by atoms with Crippen molar-refractivity contribution in [3.05, 3.63) is 91.5 Å². The van der Waals surface area contributed by atoms with Gasteiger partial charge >= 0.3 is 5.69 Å². The lowest BCUT2D eigenvalue weighted by Gasteiger charge is -2.09. The third kappa shape index (κ3) is 3.43. The highest BCUT2D eigenvalue weighted by Crippen LogP contribution is 2.17.